The normalized spacial score (nSPS) is 10.6. The highest BCUT2D eigenvalue weighted by Crippen LogP contribution is 2.11. The molecule has 0 aliphatic heterocycles. The third-order valence-corrected chi connectivity index (χ3v) is 2.25. The minimum atomic E-state index is -0.227. The lowest BCUT2D eigenvalue weighted by Crippen LogP contribution is -2.01. The van der Waals surface area contributed by atoms with Crippen LogP contribution in [-0.2, 0) is 17.9 Å². The van der Waals surface area contributed by atoms with Gasteiger partial charge in [0.2, 0.25) is 0 Å². The number of hydrogen-bond donors (Lipinski definition) is 1. The van der Waals surface area contributed by atoms with E-state index in [9.17, 15) is 4.39 Å². The smallest absolute Gasteiger partial charge is 0.129 e. The van der Waals surface area contributed by atoms with E-state index < -0.39 is 0 Å². The molecule has 0 unspecified atom stereocenters. The summed E-state index contributed by atoms with van der Waals surface area (Å²) in [5.41, 5.74) is 6.82. The van der Waals surface area contributed by atoms with E-state index in [0.29, 0.717) is 25.3 Å². The summed E-state index contributed by atoms with van der Waals surface area (Å²) in [6.45, 7) is 3.50. The standard InChI is InChI=1S/C12H18FNO/c1-2-3-6-15-9-11-5-4-10(8-14)7-12(11)13/h4-5,7H,2-3,6,8-9,14H2,1H3. The molecule has 15 heavy (non-hydrogen) atoms. The molecular formula is C12H18FNO. The molecule has 0 aliphatic rings. The second-order valence-electron chi connectivity index (χ2n) is 3.54. The van der Waals surface area contributed by atoms with Gasteiger partial charge in [-0.3, -0.25) is 0 Å². The molecule has 2 nitrogen and oxygen atoms in total. The largest absolute Gasteiger partial charge is 0.377 e. The first kappa shape index (κ1) is 12.1. The summed E-state index contributed by atoms with van der Waals surface area (Å²) >= 11 is 0. The van der Waals surface area contributed by atoms with E-state index in [1.807, 2.05) is 6.07 Å². The lowest BCUT2D eigenvalue weighted by Gasteiger charge is -2.06. The van der Waals surface area contributed by atoms with Crippen molar-refractivity contribution in [3.63, 3.8) is 0 Å². The number of unbranched alkanes of at least 4 members (excludes halogenated alkanes) is 1. The van der Waals surface area contributed by atoms with E-state index in [2.05, 4.69) is 6.92 Å². The minimum absolute atomic E-state index is 0.227. The highest BCUT2D eigenvalue weighted by molar-refractivity contribution is 5.23. The van der Waals surface area contributed by atoms with Crippen molar-refractivity contribution in [2.45, 2.75) is 32.9 Å². The van der Waals surface area contributed by atoms with Gasteiger partial charge in [0.25, 0.3) is 0 Å². The van der Waals surface area contributed by atoms with Crippen LogP contribution in [-0.4, -0.2) is 6.61 Å². The number of benzene rings is 1. The first-order valence-corrected chi connectivity index (χ1v) is 5.33. The number of hydrogen-bond acceptors (Lipinski definition) is 2. The van der Waals surface area contributed by atoms with Gasteiger partial charge in [0.05, 0.1) is 6.61 Å². The van der Waals surface area contributed by atoms with Gasteiger partial charge in [-0.25, -0.2) is 4.39 Å². The molecule has 0 saturated carbocycles. The Morgan fingerprint density at radius 2 is 2.20 bits per heavy atom. The van der Waals surface area contributed by atoms with Gasteiger partial charge in [0, 0.05) is 18.7 Å². The van der Waals surface area contributed by atoms with Crippen LogP contribution in [0.15, 0.2) is 18.2 Å². The summed E-state index contributed by atoms with van der Waals surface area (Å²) in [4.78, 5) is 0. The van der Waals surface area contributed by atoms with Crippen molar-refractivity contribution >= 4 is 0 Å². The van der Waals surface area contributed by atoms with Gasteiger partial charge >= 0.3 is 0 Å². The number of nitrogens with two attached hydrogens (primary N) is 1. The van der Waals surface area contributed by atoms with Gasteiger partial charge in [-0.05, 0) is 18.1 Å². The molecule has 0 atom stereocenters. The van der Waals surface area contributed by atoms with Crippen LogP contribution in [0.3, 0.4) is 0 Å². The van der Waals surface area contributed by atoms with Crippen molar-refractivity contribution < 1.29 is 9.13 Å². The summed E-state index contributed by atoms with van der Waals surface area (Å²) in [5, 5.41) is 0. The fraction of sp³-hybridized carbons (Fsp3) is 0.500. The quantitative estimate of drug-likeness (QED) is 0.734. The predicted octanol–water partition coefficient (Wildman–Crippen LogP) is 2.60. The van der Waals surface area contributed by atoms with Crippen LogP contribution in [0.25, 0.3) is 0 Å². The number of halogens is 1. The number of ether oxygens (including phenoxy) is 1. The fourth-order valence-corrected chi connectivity index (χ4v) is 1.26. The van der Waals surface area contributed by atoms with Crippen LogP contribution in [0, 0.1) is 5.82 Å². The molecule has 1 aromatic carbocycles. The Morgan fingerprint density at radius 3 is 2.80 bits per heavy atom. The highest BCUT2D eigenvalue weighted by atomic mass is 19.1. The molecule has 1 aromatic rings. The maximum atomic E-state index is 13.4. The van der Waals surface area contributed by atoms with Gasteiger partial charge in [0.1, 0.15) is 5.82 Å². The molecular weight excluding hydrogens is 193 g/mol. The molecule has 0 aromatic heterocycles. The Morgan fingerprint density at radius 1 is 1.40 bits per heavy atom. The van der Waals surface area contributed by atoms with Gasteiger partial charge in [-0.2, -0.15) is 0 Å². The SMILES string of the molecule is CCCCOCc1ccc(CN)cc1F. The zero-order valence-electron chi connectivity index (χ0n) is 9.13. The molecule has 0 fully saturated rings. The van der Waals surface area contributed by atoms with E-state index in [-0.39, 0.29) is 5.82 Å². The monoisotopic (exact) mass is 211 g/mol. The van der Waals surface area contributed by atoms with Crippen molar-refractivity contribution in [3.05, 3.63) is 35.1 Å². The van der Waals surface area contributed by atoms with Crippen LogP contribution < -0.4 is 5.73 Å². The number of rotatable bonds is 6. The van der Waals surface area contributed by atoms with E-state index in [0.717, 1.165) is 18.4 Å². The van der Waals surface area contributed by atoms with E-state index in [1.165, 1.54) is 6.07 Å². The molecule has 1 rings (SSSR count). The van der Waals surface area contributed by atoms with E-state index >= 15 is 0 Å². The van der Waals surface area contributed by atoms with Crippen LogP contribution >= 0.6 is 0 Å². The Balaban J connectivity index is 2.47. The third kappa shape index (κ3) is 3.98. The average Bonchev–Trinajstić information content (AvgIpc) is 2.26. The summed E-state index contributed by atoms with van der Waals surface area (Å²) in [7, 11) is 0. The molecule has 84 valence electrons. The molecule has 3 heteroatoms. The lowest BCUT2D eigenvalue weighted by molar-refractivity contribution is 0.115. The minimum Gasteiger partial charge on any atom is -0.377 e. The van der Waals surface area contributed by atoms with Crippen molar-refractivity contribution in [2.75, 3.05) is 6.61 Å². The molecule has 0 spiro atoms. The molecule has 0 amide bonds. The molecule has 0 aliphatic carbocycles. The molecule has 0 radical (unpaired) electrons. The van der Waals surface area contributed by atoms with Crippen molar-refractivity contribution in [3.8, 4) is 0 Å². The van der Waals surface area contributed by atoms with E-state index in [4.69, 9.17) is 10.5 Å². The van der Waals surface area contributed by atoms with Crippen LogP contribution in [0.2, 0.25) is 0 Å². The maximum absolute atomic E-state index is 13.4. The topological polar surface area (TPSA) is 35.2 Å². The summed E-state index contributed by atoms with van der Waals surface area (Å²) in [6, 6.07) is 5.05. The summed E-state index contributed by atoms with van der Waals surface area (Å²) in [5.74, 6) is -0.227. The highest BCUT2D eigenvalue weighted by Gasteiger charge is 2.02. The lowest BCUT2D eigenvalue weighted by atomic mass is 10.1. The maximum Gasteiger partial charge on any atom is 0.129 e. The first-order chi connectivity index (χ1) is 7.27. The molecule has 0 heterocycles. The first-order valence-electron chi connectivity index (χ1n) is 5.33. The van der Waals surface area contributed by atoms with Gasteiger partial charge < -0.3 is 10.5 Å². The second-order valence-corrected chi connectivity index (χ2v) is 3.54. The Bertz CT molecular complexity index is 302. The Kier molecular flexibility index (Phi) is 5.29. The third-order valence-electron chi connectivity index (χ3n) is 2.25. The van der Waals surface area contributed by atoms with E-state index in [1.54, 1.807) is 6.07 Å². The second kappa shape index (κ2) is 6.53. The van der Waals surface area contributed by atoms with Crippen molar-refractivity contribution in [1.82, 2.24) is 0 Å². The molecule has 0 saturated heterocycles. The van der Waals surface area contributed by atoms with Gasteiger partial charge in [-0.15, -0.1) is 0 Å². The Hall–Kier alpha value is -0.930. The van der Waals surface area contributed by atoms with Crippen LogP contribution in [0.5, 0.6) is 0 Å². The molecule has 0 bridgehead atoms. The van der Waals surface area contributed by atoms with Crippen LogP contribution in [0.1, 0.15) is 30.9 Å². The predicted molar refractivity (Wildman–Crippen MR) is 58.9 cm³/mol. The Labute approximate surface area is 90.2 Å². The summed E-state index contributed by atoms with van der Waals surface area (Å²) in [6.07, 6.45) is 2.11. The van der Waals surface area contributed by atoms with Gasteiger partial charge in [0.15, 0.2) is 0 Å². The fourth-order valence-electron chi connectivity index (χ4n) is 1.26. The van der Waals surface area contributed by atoms with Crippen molar-refractivity contribution in [1.29, 1.82) is 0 Å². The van der Waals surface area contributed by atoms with Gasteiger partial charge in [-0.1, -0.05) is 25.5 Å². The summed E-state index contributed by atoms with van der Waals surface area (Å²) < 4.78 is 18.8. The molecule has 2 N–H and O–H groups in total. The zero-order valence-corrected chi connectivity index (χ0v) is 9.13. The van der Waals surface area contributed by atoms with Crippen LogP contribution in [0.4, 0.5) is 4.39 Å². The zero-order chi connectivity index (χ0) is 11.1. The average molecular weight is 211 g/mol. The van der Waals surface area contributed by atoms with Crippen molar-refractivity contribution in [2.24, 2.45) is 5.73 Å².